The Labute approximate surface area is 201 Å². The first kappa shape index (κ1) is 22.1. The van der Waals surface area contributed by atoms with Gasteiger partial charge in [-0.1, -0.05) is 23.8 Å². The first-order valence-electron chi connectivity index (χ1n) is 11.0. The van der Waals surface area contributed by atoms with Gasteiger partial charge in [-0.05, 0) is 56.5 Å². The maximum absolute atomic E-state index is 13.4. The van der Waals surface area contributed by atoms with Gasteiger partial charge >= 0.3 is 6.03 Å². The van der Waals surface area contributed by atoms with E-state index in [4.69, 9.17) is 4.42 Å². The number of anilines is 1. The Balaban J connectivity index is 1.40. The molecule has 0 unspecified atom stereocenters. The van der Waals surface area contributed by atoms with E-state index in [1.807, 2.05) is 55.6 Å². The Morgan fingerprint density at radius 2 is 1.88 bits per heavy atom. The largest absolute Gasteiger partial charge is 0.460 e. The number of carbonyl (C=O) groups is 3. The summed E-state index contributed by atoms with van der Waals surface area (Å²) in [6.45, 7) is 5.10. The Kier molecular flexibility index (Phi) is 5.57. The third kappa shape index (κ3) is 3.81. The average molecular weight is 477 g/mol. The van der Waals surface area contributed by atoms with Crippen LogP contribution in [-0.4, -0.2) is 46.1 Å². The Morgan fingerprint density at radius 1 is 1.12 bits per heavy atom. The Morgan fingerprint density at radius 3 is 2.53 bits per heavy atom. The summed E-state index contributed by atoms with van der Waals surface area (Å²) in [5.41, 5.74) is 2.33. The molecule has 1 fully saturated rings. The predicted octanol–water partition coefficient (Wildman–Crippen LogP) is 4.49. The summed E-state index contributed by atoms with van der Waals surface area (Å²) in [4.78, 5) is 43.0. The molecule has 1 aromatic carbocycles. The summed E-state index contributed by atoms with van der Waals surface area (Å²) >= 11 is 1.53. The lowest BCUT2D eigenvalue weighted by atomic mass is 10.1. The van der Waals surface area contributed by atoms with E-state index in [-0.39, 0.29) is 12.6 Å². The number of carbonyl (C=O) groups excluding carboxylic acids is 3. The van der Waals surface area contributed by atoms with Crippen LogP contribution in [0.25, 0.3) is 0 Å². The van der Waals surface area contributed by atoms with E-state index in [1.54, 1.807) is 19.1 Å². The number of rotatable bonds is 5. The molecule has 2 aliphatic heterocycles. The quantitative estimate of drug-likeness (QED) is 0.508. The number of aryl methyl sites for hydroxylation is 2. The summed E-state index contributed by atoms with van der Waals surface area (Å²) in [6, 6.07) is 13.4. The van der Waals surface area contributed by atoms with Crippen molar-refractivity contribution in [2.45, 2.75) is 39.3 Å². The van der Waals surface area contributed by atoms with E-state index in [2.05, 4.69) is 5.10 Å². The smallest absolute Gasteiger partial charge is 0.332 e. The molecule has 8 nitrogen and oxygen atoms in total. The predicted molar refractivity (Wildman–Crippen MR) is 129 cm³/mol. The highest BCUT2D eigenvalue weighted by molar-refractivity contribution is 7.10. The molecule has 174 valence electrons. The van der Waals surface area contributed by atoms with E-state index in [1.165, 1.54) is 21.2 Å². The number of hydrogen-bond acceptors (Lipinski definition) is 6. The molecule has 2 aromatic heterocycles. The lowest BCUT2D eigenvalue weighted by Crippen LogP contribution is -2.42. The fourth-order valence-electron chi connectivity index (χ4n) is 4.30. The minimum absolute atomic E-state index is 0.314. The molecule has 4 amide bonds. The summed E-state index contributed by atoms with van der Waals surface area (Å²) in [6.07, 6.45) is 0.493. The van der Waals surface area contributed by atoms with Gasteiger partial charge in [0.1, 0.15) is 29.8 Å². The van der Waals surface area contributed by atoms with Crippen molar-refractivity contribution in [3.05, 3.63) is 75.9 Å². The summed E-state index contributed by atoms with van der Waals surface area (Å²) in [7, 11) is 0. The summed E-state index contributed by atoms with van der Waals surface area (Å²) in [5, 5.41) is 7.89. The maximum atomic E-state index is 13.4. The van der Waals surface area contributed by atoms with Crippen LogP contribution in [0.1, 0.15) is 41.3 Å². The molecular weight excluding hydrogens is 452 g/mol. The molecule has 0 saturated carbocycles. The molecule has 0 radical (unpaired) electrons. The van der Waals surface area contributed by atoms with Gasteiger partial charge in [0.05, 0.1) is 6.04 Å². The molecule has 0 N–H and O–H groups in total. The van der Waals surface area contributed by atoms with E-state index in [9.17, 15) is 14.4 Å². The van der Waals surface area contributed by atoms with Crippen LogP contribution in [0.4, 0.5) is 10.5 Å². The molecule has 34 heavy (non-hydrogen) atoms. The second-order valence-corrected chi connectivity index (χ2v) is 9.50. The second kappa shape index (κ2) is 8.57. The Hall–Kier alpha value is -3.72. The number of hydrogen-bond donors (Lipinski definition) is 0. The normalized spacial score (nSPS) is 20.4. The van der Waals surface area contributed by atoms with Gasteiger partial charge in [-0.15, -0.1) is 11.3 Å². The van der Waals surface area contributed by atoms with E-state index in [0.29, 0.717) is 23.6 Å². The topological polar surface area (TPSA) is 86.4 Å². The third-order valence-electron chi connectivity index (χ3n) is 6.12. The molecule has 1 saturated heterocycles. The zero-order valence-electron chi connectivity index (χ0n) is 19.1. The second-order valence-electron chi connectivity index (χ2n) is 8.52. The number of amides is 4. The molecule has 2 atom stereocenters. The number of thiophene rings is 1. The van der Waals surface area contributed by atoms with Crippen LogP contribution >= 0.6 is 11.3 Å². The molecule has 3 aromatic rings. The number of imide groups is 1. The van der Waals surface area contributed by atoms with E-state index < -0.39 is 23.9 Å². The van der Waals surface area contributed by atoms with Gasteiger partial charge in [-0.2, -0.15) is 5.10 Å². The first-order valence-corrected chi connectivity index (χ1v) is 11.9. The number of nitrogens with zero attached hydrogens (tertiary/aromatic N) is 4. The highest BCUT2D eigenvalue weighted by Gasteiger charge is 2.45. The molecule has 0 spiro atoms. The maximum Gasteiger partial charge on any atom is 0.332 e. The number of benzene rings is 1. The van der Waals surface area contributed by atoms with Crippen LogP contribution in [0.3, 0.4) is 0 Å². The van der Waals surface area contributed by atoms with Gasteiger partial charge in [0.15, 0.2) is 0 Å². The number of hydrazone groups is 1. The van der Waals surface area contributed by atoms with Gasteiger partial charge < -0.3 is 4.42 Å². The van der Waals surface area contributed by atoms with Crippen LogP contribution in [0.5, 0.6) is 0 Å². The van der Waals surface area contributed by atoms with Crippen molar-refractivity contribution < 1.29 is 18.8 Å². The van der Waals surface area contributed by atoms with Crippen molar-refractivity contribution in [2.75, 3.05) is 11.4 Å². The Bertz CT molecular complexity index is 1280. The number of furan rings is 1. The van der Waals surface area contributed by atoms with Crippen LogP contribution in [0.15, 0.2) is 63.4 Å². The van der Waals surface area contributed by atoms with E-state index >= 15 is 0 Å². The fraction of sp³-hybridized carbons (Fsp3) is 0.280. The van der Waals surface area contributed by atoms with Crippen molar-refractivity contribution in [1.29, 1.82) is 0 Å². The van der Waals surface area contributed by atoms with Crippen molar-refractivity contribution in [2.24, 2.45) is 5.10 Å². The van der Waals surface area contributed by atoms with Gasteiger partial charge in [-0.3, -0.25) is 19.4 Å². The molecular formula is C25H24N4O4S. The fourth-order valence-corrected chi connectivity index (χ4v) is 5.11. The molecule has 0 bridgehead atoms. The van der Waals surface area contributed by atoms with Gasteiger partial charge in [-0.25, -0.2) is 9.80 Å². The third-order valence-corrected chi connectivity index (χ3v) is 7.09. The van der Waals surface area contributed by atoms with Gasteiger partial charge in [0.25, 0.3) is 11.8 Å². The van der Waals surface area contributed by atoms with E-state index in [0.717, 1.165) is 21.1 Å². The molecule has 5 rings (SSSR count). The zero-order chi connectivity index (χ0) is 24.0. The summed E-state index contributed by atoms with van der Waals surface area (Å²) in [5.74, 6) is 0.545. The van der Waals surface area contributed by atoms with Gasteiger partial charge in [0.2, 0.25) is 0 Å². The van der Waals surface area contributed by atoms with Crippen molar-refractivity contribution in [3.63, 3.8) is 0 Å². The van der Waals surface area contributed by atoms with Crippen LogP contribution in [0, 0.1) is 13.8 Å². The molecule has 4 heterocycles. The first-order chi connectivity index (χ1) is 16.3. The van der Waals surface area contributed by atoms with Crippen molar-refractivity contribution in [3.8, 4) is 0 Å². The minimum atomic E-state index is -0.695. The standard InChI is InChI=1S/C25H24N4O4S/c1-15-6-9-18(10-7-15)28-17(3)24(31)27(25(28)32)14-23(30)29-20(22-5-4-12-34-22)13-19(26-29)21-11-8-16(2)33-21/h4-12,17,20H,13-14H2,1-3H3/t17-,20+/m0/s1. The molecule has 2 aliphatic rings. The monoisotopic (exact) mass is 476 g/mol. The zero-order valence-corrected chi connectivity index (χ0v) is 19.9. The summed E-state index contributed by atoms with van der Waals surface area (Å²) < 4.78 is 5.72. The lowest BCUT2D eigenvalue weighted by molar-refractivity contribution is -0.138. The van der Waals surface area contributed by atoms with Gasteiger partial charge in [0, 0.05) is 17.0 Å². The molecule has 0 aliphatic carbocycles. The highest BCUT2D eigenvalue weighted by atomic mass is 32.1. The lowest BCUT2D eigenvalue weighted by Gasteiger charge is -2.23. The molecule has 9 heteroatoms. The number of urea groups is 1. The van der Waals surface area contributed by atoms with Crippen LogP contribution < -0.4 is 4.90 Å². The SMILES string of the molecule is Cc1ccc(N2C(=O)N(CC(=O)N3N=C(c4ccc(C)o4)C[C@@H]3c3cccs3)C(=O)[C@@H]2C)cc1. The highest BCUT2D eigenvalue weighted by Crippen LogP contribution is 2.36. The van der Waals surface area contributed by atoms with Crippen molar-refractivity contribution >= 4 is 40.6 Å². The van der Waals surface area contributed by atoms with Crippen LogP contribution in [0.2, 0.25) is 0 Å². The van der Waals surface area contributed by atoms with Crippen LogP contribution in [-0.2, 0) is 9.59 Å². The minimum Gasteiger partial charge on any atom is -0.460 e. The van der Waals surface area contributed by atoms with Crippen molar-refractivity contribution in [1.82, 2.24) is 9.91 Å². The average Bonchev–Trinajstić information content (AvgIpc) is 3.60.